The highest BCUT2D eigenvalue weighted by molar-refractivity contribution is 5.75. The van der Waals surface area contributed by atoms with Crippen LogP contribution in [0.25, 0.3) is 11.0 Å². The monoisotopic (exact) mass is 269 g/mol. The van der Waals surface area contributed by atoms with Gasteiger partial charge in [0.1, 0.15) is 11.6 Å². The maximum Gasteiger partial charge on any atom is 0.123 e. The molecule has 4 nitrogen and oxygen atoms in total. The largest absolute Gasteiger partial charge is 0.469 e. The third-order valence-corrected chi connectivity index (χ3v) is 3.46. The zero-order valence-electron chi connectivity index (χ0n) is 11.7. The second-order valence-electron chi connectivity index (χ2n) is 4.77. The van der Waals surface area contributed by atoms with Crippen molar-refractivity contribution in [2.75, 3.05) is 6.54 Å². The number of aromatic nitrogens is 2. The van der Waals surface area contributed by atoms with Gasteiger partial charge in [-0.2, -0.15) is 0 Å². The Hall–Kier alpha value is -2.07. The smallest absolute Gasteiger partial charge is 0.123 e. The first-order chi connectivity index (χ1) is 9.88. The van der Waals surface area contributed by atoms with Crippen LogP contribution in [0.1, 0.15) is 18.5 Å². The van der Waals surface area contributed by atoms with Gasteiger partial charge in [0.05, 0.1) is 23.8 Å². The van der Waals surface area contributed by atoms with E-state index >= 15 is 0 Å². The van der Waals surface area contributed by atoms with Gasteiger partial charge in [-0.25, -0.2) is 4.98 Å². The van der Waals surface area contributed by atoms with Crippen molar-refractivity contribution in [3.63, 3.8) is 0 Å². The van der Waals surface area contributed by atoms with Crippen LogP contribution in [0.15, 0.2) is 47.1 Å². The van der Waals surface area contributed by atoms with Crippen molar-refractivity contribution in [3.8, 4) is 0 Å². The molecule has 0 fully saturated rings. The standard InChI is InChI=1S/C16H19N3O/c1-2-19-15-8-4-3-7-14(15)18-16(19)12-17-10-9-13-6-5-11-20-13/h3-8,11,17H,2,9-10,12H2,1H3. The molecule has 0 bridgehead atoms. The van der Waals surface area contributed by atoms with Gasteiger partial charge in [-0.05, 0) is 31.2 Å². The van der Waals surface area contributed by atoms with Gasteiger partial charge in [0, 0.05) is 19.5 Å². The highest BCUT2D eigenvalue weighted by Crippen LogP contribution is 2.15. The summed E-state index contributed by atoms with van der Waals surface area (Å²) in [6, 6.07) is 12.2. The molecule has 1 N–H and O–H groups in total. The summed E-state index contributed by atoms with van der Waals surface area (Å²) in [5, 5.41) is 3.43. The number of hydrogen-bond acceptors (Lipinski definition) is 3. The third kappa shape index (κ3) is 2.60. The minimum absolute atomic E-state index is 0.781. The lowest BCUT2D eigenvalue weighted by Gasteiger charge is -2.07. The van der Waals surface area contributed by atoms with Crippen LogP contribution in [0, 0.1) is 0 Å². The van der Waals surface area contributed by atoms with Gasteiger partial charge in [-0.3, -0.25) is 0 Å². The number of nitrogens with one attached hydrogen (secondary N) is 1. The van der Waals surface area contributed by atoms with E-state index in [0.717, 1.165) is 43.2 Å². The number of fused-ring (bicyclic) bond motifs is 1. The molecule has 3 rings (SSSR count). The van der Waals surface area contributed by atoms with Crippen molar-refractivity contribution >= 4 is 11.0 Å². The van der Waals surface area contributed by atoms with Crippen LogP contribution in [-0.4, -0.2) is 16.1 Å². The fourth-order valence-electron chi connectivity index (χ4n) is 2.48. The second-order valence-corrected chi connectivity index (χ2v) is 4.77. The molecule has 0 aliphatic carbocycles. The van der Waals surface area contributed by atoms with Crippen molar-refractivity contribution in [2.24, 2.45) is 0 Å². The van der Waals surface area contributed by atoms with E-state index in [1.165, 1.54) is 5.52 Å². The van der Waals surface area contributed by atoms with Crippen LogP contribution >= 0.6 is 0 Å². The average molecular weight is 269 g/mol. The number of rotatable bonds is 6. The predicted molar refractivity (Wildman–Crippen MR) is 79.5 cm³/mol. The molecule has 0 amide bonds. The van der Waals surface area contributed by atoms with Gasteiger partial charge in [-0.15, -0.1) is 0 Å². The highest BCUT2D eigenvalue weighted by atomic mass is 16.3. The first kappa shape index (κ1) is 12.9. The zero-order valence-corrected chi connectivity index (χ0v) is 11.7. The number of furan rings is 1. The number of aryl methyl sites for hydroxylation is 1. The van der Waals surface area contributed by atoms with E-state index in [9.17, 15) is 0 Å². The molecular formula is C16H19N3O. The number of imidazole rings is 1. The van der Waals surface area contributed by atoms with Gasteiger partial charge in [-0.1, -0.05) is 12.1 Å². The Morgan fingerprint density at radius 2 is 2.10 bits per heavy atom. The summed E-state index contributed by atoms with van der Waals surface area (Å²) < 4.78 is 7.58. The first-order valence-corrected chi connectivity index (χ1v) is 7.05. The van der Waals surface area contributed by atoms with E-state index in [-0.39, 0.29) is 0 Å². The zero-order chi connectivity index (χ0) is 13.8. The summed E-state index contributed by atoms with van der Waals surface area (Å²) in [4.78, 5) is 4.70. The van der Waals surface area contributed by atoms with Crippen LogP contribution in [0.4, 0.5) is 0 Å². The van der Waals surface area contributed by atoms with Gasteiger partial charge in [0.15, 0.2) is 0 Å². The topological polar surface area (TPSA) is 43.0 Å². The number of para-hydroxylation sites is 2. The Bertz CT molecular complexity index is 670. The van der Waals surface area contributed by atoms with Crippen LogP contribution < -0.4 is 5.32 Å². The molecule has 0 aliphatic rings. The fraction of sp³-hybridized carbons (Fsp3) is 0.312. The van der Waals surface area contributed by atoms with E-state index in [4.69, 9.17) is 9.40 Å². The van der Waals surface area contributed by atoms with Crippen LogP contribution in [0.5, 0.6) is 0 Å². The minimum atomic E-state index is 0.781. The molecule has 0 atom stereocenters. The van der Waals surface area contributed by atoms with Crippen molar-refractivity contribution in [1.29, 1.82) is 0 Å². The normalized spacial score (nSPS) is 11.2. The Kier molecular flexibility index (Phi) is 3.83. The summed E-state index contributed by atoms with van der Waals surface area (Å²) in [7, 11) is 0. The van der Waals surface area contributed by atoms with Gasteiger partial charge < -0.3 is 14.3 Å². The Labute approximate surface area is 118 Å². The number of nitrogens with zero attached hydrogens (tertiary/aromatic N) is 2. The van der Waals surface area contributed by atoms with E-state index in [0.29, 0.717) is 0 Å². The Morgan fingerprint density at radius 1 is 1.20 bits per heavy atom. The molecule has 1 aromatic carbocycles. The van der Waals surface area contributed by atoms with E-state index < -0.39 is 0 Å². The van der Waals surface area contributed by atoms with Gasteiger partial charge in [0.2, 0.25) is 0 Å². The lowest BCUT2D eigenvalue weighted by Crippen LogP contribution is -2.19. The van der Waals surface area contributed by atoms with Crippen LogP contribution in [0.2, 0.25) is 0 Å². The second kappa shape index (κ2) is 5.92. The summed E-state index contributed by atoms with van der Waals surface area (Å²) in [5.74, 6) is 2.11. The first-order valence-electron chi connectivity index (χ1n) is 7.05. The molecular weight excluding hydrogens is 250 g/mol. The number of hydrogen-bond donors (Lipinski definition) is 1. The number of benzene rings is 1. The van der Waals surface area contributed by atoms with Crippen LogP contribution in [-0.2, 0) is 19.5 Å². The quantitative estimate of drug-likeness (QED) is 0.700. The molecule has 0 spiro atoms. The molecule has 2 heterocycles. The lowest BCUT2D eigenvalue weighted by molar-refractivity contribution is 0.496. The van der Waals surface area contributed by atoms with Crippen molar-refractivity contribution in [3.05, 3.63) is 54.2 Å². The third-order valence-electron chi connectivity index (χ3n) is 3.46. The molecule has 4 heteroatoms. The molecule has 0 radical (unpaired) electrons. The molecule has 104 valence electrons. The molecule has 2 aromatic heterocycles. The van der Waals surface area contributed by atoms with E-state index in [1.54, 1.807) is 6.26 Å². The maximum absolute atomic E-state index is 5.32. The summed E-state index contributed by atoms with van der Waals surface area (Å²) in [6.45, 7) is 4.76. The average Bonchev–Trinajstić information content (AvgIpc) is 3.10. The summed E-state index contributed by atoms with van der Waals surface area (Å²) in [6.07, 6.45) is 2.62. The Balaban J connectivity index is 1.65. The molecule has 3 aromatic rings. The molecule has 0 unspecified atom stereocenters. The summed E-state index contributed by atoms with van der Waals surface area (Å²) in [5.41, 5.74) is 2.27. The maximum atomic E-state index is 5.32. The molecule has 20 heavy (non-hydrogen) atoms. The van der Waals surface area contributed by atoms with E-state index in [1.807, 2.05) is 18.2 Å². The highest BCUT2D eigenvalue weighted by Gasteiger charge is 2.08. The predicted octanol–water partition coefficient (Wildman–Crippen LogP) is 2.98. The van der Waals surface area contributed by atoms with E-state index in [2.05, 4.69) is 35.0 Å². The van der Waals surface area contributed by atoms with Gasteiger partial charge >= 0.3 is 0 Å². The summed E-state index contributed by atoms with van der Waals surface area (Å²) >= 11 is 0. The molecule has 0 aliphatic heterocycles. The minimum Gasteiger partial charge on any atom is -0.469 e. The SMILES string of the molecule is CCn1c(CNCCc2ccco2)nc2ccccc21. The fourth-order valence-corrected chi connectivity index (χ4v) is 2.48. The van der Waals surface area contributed by atoms with Crippen molar-refractivity contribution < 1.29 is 4.42 Å². The molecule has 0 saturated carbocycles. The van der Waals surface area contributed by atoms with Gasteiger partial charge in [0.25, 0.3) is 0 Å². The van der Waals surface area contributed by atoms with Crippen molar-refractivity contribution in [1.82, 2.24) is 14.9 Å². The van der Waals surface area contributed by atoms with Crippen LogP contribution in [0.3, 0.4) is 0 Å². The Morgan fingerprint density at radius 3 is 2.90 bits per heavy atom. The lowest BCUT2D eigenvalue weighted by atomic mass is 10.3. The molecule has 0 saturated heterocycles. The van der Waals surface area contributed by atoms with Crippen molar-refractivity contribution in [2.45, 2.75) is 26.4 Å².